The molecule has 0 bridgehead atoms. The van der Waals surface area contributed by atoms with Gasteiger partial charge in [-0.3, -0.25) is 4.79 Å². The zero-order chi connectivity index (χ0) is 17.4. The fourth-order valence-electron chi connectivity index (χ4n) is 2.54. The molecule has 2 aromatic rings. The third-order valence-electron chi connectivity index (χ3n) is 4.06. The van der Waals surface area contributed by atoms with Crippen LogP contribution in [0.2, 0.25) is 0 Å². The minimum Gasteiger partial charge on any atom is -0.481 e. The van der Waals surface area contributed by atoms with Gasteiger partial charge in [-0.25, -0.2) is 0 Å². The summed E-state index contributed by atoms with van der Waals surface area (Å²) in [4.78, 5) is 12.4. The van der Waals surface area contributed by atoms with Gasteiger partial charge in [0, 0.05) is 6.04 Å². The van der Waals surface area contributed by atoms with Gasteiger partial charge in [0.05, 0.1) is 0 Å². The highest BCUT2D eigenvalue weighted by Crippen LogP contribution is 2.15. The van der Waals surface area contributed by atoms with E-state index in [1.165, 1.54) is 11.1 Å². The molecular formula is C21H27NO2. The van der Waals surface area contributed by atoms with Crippen LogP contribution in [0, 0.1) is 6.92 Å². The first-order chi connectivity index (χ1) is 11.6. The van der Waals surface area contributed by atoms with Crippen LogP contribution < -0.4 is 10.1 Å². The summed E-state index contributed by atoms with van der Waals surface area (Å²) in [5.74, 6) is 0.693. The Balaban J connectivity index is 1.83. The van der Waals surface area contributed by atoms with Crippen molar-refractivity contribution in [1.29, 1.82) is 0 Å². The van der Waals surface area contributed by atoms with Crippen molar-refractivity contribution >= 4 is 5.91 Å². The molecule has 3 heteroatoms. The van der Waals surface area contributed by atoms with Crippen LogP contribution in [-0.2, 0) is 11.2 Å². The number of rotatable bonds is 8. The van der Waals surface area contributed by atoms with Gasteiger partial charge in [-0.2, -0.15) is 0 Å². The van der Waals surface area contributed by atoms with Crippen LogP contribution in [0.15, 0.2) is 54.6 Å². The number of hydrogen-bond donors (Lipinski definition) is 1. The van der Waals surface area contributed by atoms with Gasteiger partial charge in [-0.15, -0.1) is 0 Å². The average Bonchev–Trinajstić information content (AvgIpc) is 2.60. The summed E-state index contributed by atoms with van der Waals surface area (Å²) in [6, 6.07) is 18.2. The highest BCUT2D eigenvalue weighted by Gasteiger charge is 2.20. The second-order valence-corrected chi connectivity index (χ2v) is 6.26. The number of carbonyl (C=O) groups excluding carboxylic acids is 1. The molecule has 1 N–H and O–H groups in total. The van der Waals surface area contributed by atoms with Gasteiger partial charge < -0.3 is 10.1 Å². The predicted molar refractivity (Wildman–Crippen MR) is 98.3 cm³/mol. The molecule has 0 heterocycles. The molecule has 0 spiro atoms. The van der Waals surface area contributed by atoms with Gasteiger partial charge in [0.15, 0.2) is 6.10 Å². The zero-order valence-electron chi connectivity index (χ0n) is 14.8. The van der Waals surface area contributed by atoms with E-state index in [1.54, 1.807) is 0 Å². The van der Waals surface area contributed by atoms with Gasteiger partial charge in [0.25, 0.3) is 5.91 Å². The summed E-state index contributed by atoms with van der Waals surface area (Å²) in [5, 5.41) is 3.07. The number of benzene rings is 2. The summed E-state index contributed by atoms with van der Waals surface area (Å²) >= 11 is 0. The van der Waals surface area contributed by atoms with Crippen LogP contribution in [-0.4, -0.2) is 18.1 Å². The Morgan fingerprint density at radius 2 is 1.75 bits per heavy atom. The van der Waals surface area contributed by atoms with Crippen LogP contribution in [0.3, 0.4) is 0 Å². The van der Waals surface area contributed by atoms with E-state index in [9.17, 15) is 4.79 Å². The summed E-state index contributed by atoms with van der Waals surface area (Å²) in [6.45, 7) is 6.04. The third kappa shape index (κ3) is 5.73. The van der Waals surface area contributed by atoms with E-state index in [-0.39, 0.29) is 11.9 Å². The molecule has 0 saturated carbocycles. The molecule has 0 fully saturated rings. The maximum Gasteiger partial charge on any atom is 0.261 e. The number of nitrogens with one attached hydrogen (secondary N) is 1. The molecule has 1 amide bonds. The fourth-order valence-corrected chi connectivity index (χ4v) is 2.54. The van der Waals surface area contributed by atoms with Crippen molar-refractivity contribution < 1.29 is 9.53 Å². The van der Waals surface area contributed by atoms with Crippen molar-refractivity contribution in [3.8, 4) is 5.75 Å². The maximum atomic E-state index is 12.4. The molecule has 3 nitrogen and oxygen atoms in total. The minimum absolute atomic E-state index is 0.0429. The first kappa shape index (κ1) is 18.1. The SMILES string of the molecule is CC[C@@H](Oc1ccc(C)cc1)C(=O)N[C@H](C)CCc1ccccc1. The van der Waals surface area contributed by atoms with Crippen molar-refractivity contribution in [3.63, 3.8) is 0 Å². The molecule has 2 rings (SSSR count). The van der Waals surface area contributed by atoms with E-state index < -0.39 is 6.10 Å². The molecule has 0 aromatic heterocycles. The molecule has 0 aliphatic rings. The summed E-state index contributed by atoms with van der Waals surface area (Å²) < 4.78 is 5.83. The van der Waals surface area contributed by atoms with E-state index in [0.717, 1.165) is 18.6 Å². The number of carbonyl (C=O) groups is 1. The van der Waals surface area contributed by atoms with Crippen LogP contribution in [0.25, 0.3) is 0 Å². The van der Waals surface area contributed by atoms with Gasteiger partial charge in [0.1, 0.15) is 5.75 Å². The lowest BCUT2D eigenvalue weighted by atomic mass is 10.1. The van der Waals surface area contributed by atoms with E-state index in [4.69, 9.17) is 4.74 Å². The third-order valence-corrected chi connectivity index (χ3v) is 4.06. The Labute approximate surface area is 145 Å². The van der Waals surface area contributed by atoms with Crippen molar-refractivity contribution in [2.75, 3.05) is 0 Å². The largest absolute Gasteiger partial charge is 0.481 e. The Kier molecular flexibility index (Phi) is 6.86. The van der Waals surface area contributed by atoms with E-state index in [2.05, 4.69) is 17.4 Å². The lowest BCUT2D eigenvalue weighted by Gasteiger charge is -2.20. The molecule has 0 saturated heterocycles. The van der Waals surface area contributed by atoms with Gasteiger partial charge in [-0.05, 0) is 50.8 Å². The standard InChI is InChI=1S/C21H27NO2/c1-4-20(24-19-14-10-16(2)11-15-19)21(23)22-17(3)12-13-18-8-6-5-7-9-18/h5-11,14-15,17,20H,4,12-13H2,1-3H3,(H,22,23)/t17-,20-/m1/s1. The lowest BCUT2D eigenvalue weighted by molar-refractivity contribution is -0.128. The Morgan fingerprint density at radius 3 is 2.38 bits per heavy atom. The van der Waals surface area contributed by atoms with E-state index >= 15 is 0 Å². The zero-order valence-corrected chi connectivity index (χ0v) is 14.8. The summed E-state index contributed by atoms with van der Waals surface area (Å²) in [5.41, 5.74) is 2.47. The summed E-state index contributed by atoms with van der Waals surface area (Å²) in [7, 11) is 0. The monoisotopic (exact) mass is 325 g/mol. The minimum atomic E-state index is -0.452. The molecule has 0 unspecified atom stereocenters. The first-order valence-corrected chi connectivity index (χ1v) is 8.66. The first-order valence-electron chi connectivity index (χ1n) is 8.66. The average molecular weight is 325 g/mol. The highest BCUT2D eigenvalue weighted by atomic mass is 16.5. The van der Waals surface area contributed by atoms with Crippen LogP contribution >= 0.6 is 0 Å². The van der Waals surface area contributed by atoms with E-state index in [0.29, 0.717) is 6.42 Å². The predicted octanol–water partition coefficient (Wildman–Crippen LogP) is 4.29. The lowest BCUT2D eigenvalue weighted by Crippen LogP contribution is -2.42. The molecule has 2 aromatic carbocycles. The second-order valence-electron chi connectivity index (χ2n) is 6.26. The Bertz CT molecular complexity index is 622. The normalized spacial score (nSPS) is 13.1. The highest BCUT2D eigenvalue weighted by molar-refractivity contribution is 5.81. The molecule has 128 valence electrons. The maximum absolute atomic E-state index is 12.4. The Morgan fingerprint density at radius 1 is 1.08 bits per heavy atom. The van der Waals surface area contributed by atoms with Crippen LogP contribution in [0.4, 0.5) is 0 Å². The van der Waals surface area contributed by atoms with Crippen LogP contribution in [0.1, 0.15) is 37.8 Å². The van der Waals surface area contributed by atoms with Crippen molar-refractivity contribution in [2.45, 2.75) is 52.2 Å². The van der Waals surface area contributed by atoms with Crippen molar-refractivity contribution in [2.24, 2.45) is 0 Å². The number of hydrogen-bond acceptors (Lipinski definition) is 2. The van der Waals surface area contributed by atoms with Crippen molar-refractivity contribution in [1.82, 2.24) is 5.32 Å². The van der Waals surface area contributed by atoms with Gasteiger partial charge >= 0.3 is 0 Å². The molecular weight excluding hydrogens is 298 g/mol. The number of ether oxygens (including phenoxy) is 1. The fraction of sp³-hybridized carbons (Fsp3) is 0.381. The smallest absolute Gasteiger partial charge is 0.261 e. The molecule has 0 aliphatic carbocycles. The Hall–Kier alpha value is -2.29. The second kappa shape index (κ2) is 9.11. The number of aryl methyl sites for hydroxylation is 2. The summed E-state index contributed by atoms with van der Waals surface area (Å²) in [6.07, 6.45) is 2.06. The number of amides is 1. The van der Waals surface area contributed by atoms with E-state index in [1.807, 2.05) is 63.2 Å². The molecule has 2 atom stereocenters. The van der Waals surface area contributed by atoms with Crippen LogP contribution in [0.5, 0.6) is 5.75 Å². The quantitative estimate of drug-likeness (QED) is 0.786. The van der Waals surface area contributed by atoms with Gasteiger partial charge in [-0.1, -0.05) is 55.0 Å². The molecule has 0 aliphatic heterocycles. The molecule has 24 heavy (non-hydrogen) atoms. The molecule has 0 radical (unpaired) electrons. The van der Waals surface area contributed by atoms with Gasteiger partial charge in [0.2, 0.25) is 0 Å². The topological polar surface area (TPSA) is 38.3 Å². The van der Waals surface area contributed by atoms with Crippen molar-refractivity contribution in [3.05, 3.63) is 65.7 Å².